The largest absolute Gasteiger partial charge is 0.508 e. The van der Waals surface area contributed by atoms with Crippen molar-refractivity contribution in [1.29, 1.82) is 0 Å². The summed E-state index contributed by atoms with van der Waals surface area (Å²) in [5, 5.41) is 11.6. The van der Waals surface area contributed by atoms with Crippen molar-refractivity contribution in [3.63, 3.8) is 0 Å². The lowest BCUT2D eigenvalue weighted by molar-refractivity contribution is 0.402. The molecule has 4 heteroatoms. The molecule has 2 aromatic rings. The highest BCUT2D eigenvalue weighted by molar-refractivity contribution is 7.48. The van der Waals surface area contributed by atoms with E-state index in [1.54, 1.807) is 18.2 Å². The zero-order chi connectivity index (χ0) is 18.6. The summed E-state index contributed by atoms with van der Waals surface area (Å²) in [7, 11) is 4.47. The second-order valence-corrected chi connectivity index (χ2v) is 8.72. The molecule has 2 nitrogen and oxygen atoms in total. The van der Waals surface area contributed by atoms with E-state index in [1.807, 2.05) is 26.2 Å². The molecule has 2 aromatic carbocycles. The lowest BCUT2D eigenvalue weighted by Crippen LogP contribution is -2.25. The van der Waals surface area contributed by atoms with Crippen LogP contribution in [0.25, 0.3) is 0 Å². The third-order valence-electron chi connectivity index (χ3n) is 4.80. The number of aryl methyl sites for hydroxylation is 1. The summed E-state index contributed by atoms with van der Waals surface area (Å²) in [5.41, 5.74) is 3.19. The van der Waals surface area contributed by atoms with Crippen LogP contribution in [-0.4, -0.2) is 24.1 Å². The molecule has 0 radical (unpaired) electrons. The maximum atomic E-state index is 13.8. The Bertz CT molecular complexity index is 726. The maximum Gasteiger partial charge on any atom is 0.123 e. The van der Waals surface area contributed by atoms with E-state index < -0.39 is 0 Å². The summed E-state index contributed by atoms with van der Waals surface area (Å²) >= 11 is 0. The van der Waals surface area contributed by atoms with Gasteiger partial charge in [0.15, 0.2) is 0 Å². The van der Waals surface area contributed by atoms with Crippen LogP contribution in [0.5, 0.6) is 5.75 Å². The number of hydrogen-bond donors (Lipinski definition) is 1. The predicted molar refractivity (Wildman–Crippen MR) is 107 cm³/mol. The first kappa shape index (κ1) is 19.9. The fraction of sp³-hybridized carbons (Fsp3) is 0.429. The highest BCUT2D eigenvalue weighted by Gasteiger charge is 2.32. The molecule has 0 saturated heterocycles. The number of hydrogen-bond acceptors (Lipinski definition) is 2. The van der Waals surface area contributed by atoms with Gasteiger partial charge in [0.2, 0.25) is 0 Å². The first-order valence-electron chi connectivity index (χ1n) is 8.82. The molecule has 0 heterocycles. The molecule has 1 atom stereocenters. The predicted octanol–water partition coefficient (Wildman–Crippen LogP) is 4.92. The molecule has 2 rings (SSSR count). The molecule has 0 aliphatic rings. The summed E-state index contributed by atoms with van der Waals surface area (Å²) in [4.78, 5) is 2.06. The standard InChI is InChI=1S/C21H29FNOP/c1-6-21(7-2,18-12-15(3)8-10-19(18)24)25-20-11-9-17(22)13-16(20)14-23(4)5/h8-13,24-25H,6-7,14H2,1-5H3. The van der Waals surface area contributed by atoms with Crippen LogP contribution < -0.4 is 5.30 Å². The minimum atomic E-state index is -0.192. The van der Waals surface area contributed by atoms with E-state index in [9.17, 15) is 9.50 Å². The van der Waals surface area contributed by atoms with Gasteiger partial charge in [-0.05, 0) is 62.9 Å². The van der Waals surface area contributed by atoms with Gasteiger partial charge in [-0.15, -0.1) is 0 Å². The van der Waals surface area contributed by atoms with Crippen LogP contribution >= 0.6 is 8.58 Å². The van der Waals surface area contributed by atoms with Gasteiger partial charge in [-0.3, -0.25) is 0 Å². The third kappa shape index (κ3) is 4.59. The summed E-state index contributed by atoms with van der Waals surface area (Å²) in [5.74, 6) is 0.167. The van der Waals surface area contributed by atoms with Gasteiger partial charge in [0.05, 0.1) is 0 Å². The van der Waals surface area contributed by atoms with Crippen molar-refractivity contribution in [2.75, 3.05) is 14.1 Å². The summed E-state index contributed by atoms with van der Waals surface area (Å²) in [6.45, 7) is 7.11. The van der Waals surface area contributed by atoms with E-state index in [2.05, 4.69) is 31.7 Å². The average molecular weight is 361 g/mol. The maximum absolute atomic E-state index is 13.8. The Morgan fingerprint density at radius 1 is 1.08 bits per heavy atom. The van der Waals surface area contributed by atoms with E-state index in [-0.39, 0.29) is 11.0 Å². The summed E-state index contributed by atoms with van der Waals surface area (Å²) < 4.78 is 13.8. The van der Waals surface area contributed by atoms with Crippen molar-refractivity contribution >= 4 is 13.9 Å². The molecule has 0 aliphatic carbocycles. The minimum Gasteiger partial charge on any atom is -0.508 e. The van der Waals surface area contributed by atoms with Crippen molar-refractivity contribution in [3.8, 4) is 5.75 Å². The van der Waals surface area contributed by atoms with Crippen LogP contribution in [0, 0.1) is 12.7 Å². The number of halogens is 1. The number of benzene rings is 2. The van der Waals surface area contributed by atoms with Crippen molar-refractivity contribution < 1.29 is 9.50 Å². The molecule has 136 valence electrons. The zero-order valence-electron chi connectivity index (χ0n) is 15.9. The Kier molecular flexibility index (Phi) is 6.59. The van der Waals surface area contributed by atoms with E-state index in [0.717, 1.165) is 29.5 Å². The lowest BCUT2D eigenvalue weighted by Gasteiger charge is -2.34. The van der Waals surface area contributed by atoms with Crippen LogP contribution in [0.1, 0.15) is 43.4 Å². The van der Waals surface area contributed by atoms with Crippen molar-refractivity contribution in [2.24, 2.45) is 0 Å². The Morgan fingerprint density at radius 2 is 1.76 bits per heavy atom. The number of rotatable bonds is 7. The van der Waals surface area contributed by atoms with Crippen LogP contribution in [0.3, 0.4) is 0 Å². The number of nitrogens with zero attached hydrogens (tertiary/aromatic N) is 1. The van der Waals surface area contributed by atoms with Crippen molar-refractivity contribution in [1.82, 2.24) is 4.90 Å². The summed E-state index contributed by atoms with van der Waals surface area (Å²) in [6.07, 6.45) is 1.86. The lowest BCUT2D eigenvalue weighted by atomic mass is 9.91. The van der Waals surface area contributed by atoms with Gasteiger partial charge in [0, 0.05) is 17.3 Å². The SMILES string of the molecule is CCC(CC)(Pc1ccc(F)cc1CN(C)C)c1cc(C)ccc1O. The minimum absolute atomic E-state index is 0.130. The van der Waals surface area contributed by atoms with Gasteiger partial charge in [0.25, 0.3) is 0 Å². The van der Waals surface area contributed by atoms with Crippen LogP contribution in [0.15, 0.2) is 36.4 Å². The van der Waals surface area contributed by atoms with E-state index in [4.69, 9.17) is 0 Å². The molecule has 0 aliphatic heterocycles. The number of phenols is 1. The molecule has 0 bridgehead atoms. The Morgan fingerprint density at radius 3 is 2.36 bits per heavy atom. The van der Waals surface area contributed by atoms with Gasteiger partial charge in [-0.2, -0.15) is 0 Å². The van der Waals surface area contributed by atoms with E-state index in [0.29, 0.717) is 20.9 Å². The Hall–Kier alpha value is -1.44. The van der Waals surface area contributed by atoms with Gasteiger partial charge < -0.3 is 10.0 Å². The quantitative estimate of drug-likeness (QED) is 0.708. The normalized spacial score (nSPS) is 12.4. The van der Waals surface area contributed by atoms with Crippen LogP contribution in [-0.2, 0) is 11.7 Å². The second-order valence-electron chi connectivity index (χ2n) is 6.97. The molecular weight excluding hydrogens is 332 g/mol. The fourth-order valence-corrected chi connectivity index (χ4v) is 5.00. The molecule has 0 fully saturated rings. The van der Waals surface area contributed by atoms with Gasteiger partial charge in [-0.25, -0.2) is 4.39 Å². The fourth-order valence-electron chi connectivity index (χ4n) is 3.32. The zero-order valence-corrected chi connectivity index (χ0v) is 16.9. The first-order chi connectivity index (χ1) is 11.8. The highest BCUT2D eigenvalue weighted by Crippen LogP contribution is 2.50. The average Bonchev–Trinajstić information content (AvgIpc) is 2.56. The van der Waals surface area contributed by atoms with Crippen molar-refractivity contribution in [3.05, 3.63) is 58.9 Å². The number of aromatic hydroxyl groups is 1. The molecular formula is C21H29FNOP. The molecule has 0 amide bonds. The molecule has 0 spiro atoms. The van der Waals surface area contributed by atoms with Gasteiger partial charge >= 0.3 is 0 Å². The van der Waals surface area contributed by atoms with Crippen LogP contribution in [0.4, 0.5) is 4.39 Å². The molecule has 1 unspecified atom stereocenters. The smallest absolute Gasteiger partial charge is 0.123 e. The first-order valence-corrected chi connectivity index (χ1v) is 9.82. The Balaban J connectivity index is 2.51. The number of phenolic OH excluding ortho intramolecular Hbond substituents is 1. The van der Waals surface area contributed by atoms with Crippen LogP contribution in [0.2, 0.25) is 0 Å². The monoisotopic (exact) mass is 361 g/mol. The van der Waals surface area contributed by atoms with Gasteiger partial charge in [-0.1, -0.05) is 46.2 Å². The van der Waals surface area contributed by atoms with Gasteiger partial charge in [0.1, 0.15) is 11.6 Å². The third-order valence-corrected chi connectivity index (χ3v) is 7.01. The highest BCUT2D eigenvalue weighted by atomic mass is 31.1. The molecule has 0 saturated carbocycles. The van der Waals surface area contributed by atoms with E-state index >= 15 is 0 Å². The molecule has 25 heavy (non-hydrogen) atoms. The Labute approximate surface area is 152 Å². The van der Waals surface area contributed by atoms with Crippen molar-refractivity contribution in [2.45, 2.75) is 45.3 Å². The summed E-state index contributed by atoms with van der Waals surface area (Å²) in [6, 6.07) is 10.9. The second kappa shape index (κ2) is 8.29. The molecule has 1 N–H and O–H groups in total. The molecule has 0 aromatic heterocycles. The topological polar surface area (TPSA) is 23.5 Å². The van der Waals surface area contributed by atoms with E-state index in [1.165, 1.54) is 5.30 Å².